The van der Waals surface area contributed by atoms with Crippen LogP contribution in [0.1, 0.15) is 19.8 Å². The Morgan fingerprint density at radius 2 is 2.08 bits per heavy atom. The van der Waals surface area contributed by atoms with Gasteiger partial charge in [0.05, 0.1) is 18.6 Å². The summed E-state index contributed by atoms with van der Waals surface area (Å²) in [6.45, 7) is 1.74. The average Bonchev–Trinajstić information content (AvgIpc) is 1.84. The second-order valence-corrected chi connectivity index (χ2v) is 2.58. The highest BCUT2D eigenvalue weighted by molar-refractivity contribution is 5.67. The van der Waals surface area contributed by atoms with Gasteiger partial charge >= 0.3 is 5.97 Å². The van der Waals surface area contributed by atoms with E-state index in [1.807, 2.05) is 0 Å². The minimum atomic E-state index is -1.06. The first-order valence-corrected chi connectivity index (χ1v) is 3.77. The molecule has 0 rings (SSSR count). The Labute approximate surface area is 71.1 Å². The second-order valence-electron chi connectivity index (χ2n) is 2.58. The van der Waals surface area contributed by atoms with Gasteiger partial charge in [-0.05, 0) is 6.92 Å². The largest absolute Gasteiger partial charge is 0.481 e. The van der Waals surface area contributed by atoms with E-state index in [1.165, 1.54) is 6.08 Å². The molecule has 3 N–H and O–H groups in total. The van der Waals surface area contributed by atoms with Crippen LogP contribution in [0.25, 0.3) is 0 Å². The molecule has 0 fully saturated rings. The van der Waals surface area contributed by atoms with Crippen molar-refractivity contribution in [2.45, 2.75) is 32.0 Å². The van der Waals surface area contributed by atoms with Gasteiger partial charge in [-0.15, -0.1) is 0 Å². The average molecular weight is 174 g/mol. The standard InChI is InChI=1S/C8H14O4/c1-2-3-6(9)4-7(10)5-8(11)12/h2-3,6-7,9-10H,4-5H2,1H3,(H,11,12)/b3-2+/t6-,7-/m1/s1. The minimum absolute atomic E-state index is 0.0661. The highest BCUT2D eigenvalue weighted by Gasteiger charge is 2.12. The lowest BCUT2D eigenvalue weighted by molar-refractivity contribution is -0.139. The summed E-state index contributed by atoms with van der Waals surface area (Å²) in [5.74, 6) is -1.06. The normalized spacial score (nSPS) is 16.2. The molecule has 0 heterocycles. The van der Waals surface area contributed by atoms with Gasteiger partial charge in [-0.3, -0.25) is 4.79 Å². The molecule has 4 heteroatoms. The zero-order valence-electron chi connectivity index (χ0n) is 6.97. The number of allylic oxidation sites excluding steroid dienone is 1. The van der Waals surface area contributed by atoms with Crippen LogP contribution in [0.15, 0.2) is 12.2 Å². The van der Waals surface area contributed by atoms with Gasteiger partial charge < -0.3 is 15.3 Å². The van der Waals surface area contributed by atoms with Crippen LogP contribution in [0.5, 0.6) is 0 Å². The molecule has 0 radical (unpaired) electrons. The molecule has 0 aliphatic carbocycles. The first kappa shape index (κ1) is 11.1. The molecule has 0 aliphatic heterocycles. The number of carbonyl (C=O) groups is 1. The molecule has 12 heavy (non-hydrogen) atoms. The van der Waals surface area contributed by atoms with E-state index in [1.54, 1.807) is 13.0 Å². The predicted molar refractivity (Wildman–Crippen MR) is 43.7 cm³/mol. The third kappa shape index (κ3) is 5.88. The van der Waals surface area contributed by atoms with Gasteiger partial charge in [0, 0.05) is 6.42 Å². The van der Waals surface area contributed by atoms with Gasteiger partial charge in [-0.2, -0.15) is 0 Å². The molecule has 4 nitrogen and oxygen atoms in total. The van der Waals surface area contributed by atoms with Crippen LogP contribution in [0.2, 0.25) is 0 Å². The van der Waals surface area contributed by atoms with Gasteiger partial charge in [-0.25, -0.2) is 0 Å². The molecule has 0 unspecified atom stereocenters. The van der Waals surface area contributed by atoms with Crippen LogP contribution >= 0.6 is 0 Å². The smallest absolute Gasteiger partial charge is 0.305 e. The van der Waals surface area contributed by atoms with E-state index in [-0.39, 0.29) is 12.8 Å². The zero-order valence-corrected chi connectivity index (χ0v) is 6.97. The van der Waals surface area contributed by atoms with Crippen LogP contribution < -0.4 is 0 Å². The van der Waals surface area contributed by atoms with Crippen molar-refractivity contribution in [2.75, 3.05) is 0 Å². The number of hydrogen-bond acceptors (Lipinski definition) is 3. The van der Waals surface area contributed by atoms with Crippen LogP contribution in [0.4, 0.5) is 0 Å². The van der Waals surface area contributed by atoms with Crippen molar-refractivity contribution in [2.24, 2.45) is 0 Å². The lowest BCUT2D eigenvalue weighted by Gasteiger charge is -2.09. The van der Waals surface area contributed by atoms with E-state index in [2.05, 4.69) is 0 Å². The summed E-state index contributed by atoms with van der Waals surface area (Å²) < 4.78 is 0. The Kier molecular flexibility index (Phi) is 5.32. The SMILES string of the molecule is C/C=C/[C@@H](O)C[C@@H](O)CC(=O)O. The van der Waals surface area contributed by atoms with Gasteiger partial charge in [-0.1, -0.05) is 12.2 Å². The maximum atomic E-state index is 10.1. The van der Waals surface area contributed by atoms with E-state index < -0.39 is 18.2 Å². The number of aliphatic hydroxyl groups excluding tert-OH is 2. The number of hydrogen-bond donors (Lipinski definition) is 3. The molecule has 2 atom stereocenters. The second kappa shape index (κ2) is 5.74. The lowest BCUT2D eigenvalue weighted by Crippen LogP contribution is -2.19. The van der Waals surface area contributed by atoms with Gasteiger partial charge in [0.15, 0.2) is 0 Å². The fraction of sp³-hybridized carbons (Fsp3) is 0.625. The van der Waals surface area contributed by atoms with Crippen LogP contribution in [0.3, 0.4) is 0 Å². The molecule has 0 saturated heterocycles. The van der Waals surface area contributed by atoms with Gasteiger partial charge in [0.25, 0.3) is 0 Å². The summed E-state index contributed by atoms with van der Waals surface area (Å²) in [6.07, 6.45) is 1.16. The Morgan fingerprint density at radius 3 is 2.50 bits per heavy atom. The summed E-state index contributed by atoms with van der Waals surface area (Å²) in [4.78, 5) is 10.1. The predicted octanol–water partition coefficient (Wildman–Crippen LogP) is 0.149. The van der Waals surface area contributed by atoms with Crippen molar-refractivity contribution in [3.05, 3.63) is 12.2 Å². The molecular formula is C8H14O4. The van der Waals surface area contributed by atoms with Gasteiger partial charge in [0.1, 0.15) is 0 Å². The van der Waals surface area contributed by atoms with Crippen molar-refractivity contribution in [3.8, 4) is 0 Å². The number of aliphatic carboxylic acids is 1. The maximum Gasteiger partial charge on any atom is 0.305 e. The molecular weight excluding hydrogens is 160 g/mol. The van der Waals surface area contributed by atoms with E-state index in [4.69, 9.17) is 15.3 Å². The molecule has 0 aromatic rings. The van der Waals surface area contributed by atoms with Crippen molar-refractivity contribution < 1.29 is 20.1 Å². The lowest BCUT2D eigenvalue weighted by atomic mass is 10.1. The quantitative estimate of drug-likeness (QED) is 0.518. The Bertz CT molecular complexity index is 164. The first-order chi connectivity index (χ1) is 5.56. The molecule has 0 spiro atoms. The molecule has 0 aromatic carbocycles. The van der Waals surface area contributed by atoms with E-state index in [0.29, 0.717) is 0 Å². The van der Waals surface area contributed by atoms with Crippen molar-refractivity contribution in [1.29, 1.82) is 0 Å². The number of rotatable bonds is 5. The molecule has 70 valence electrons. The van der Waals surface area contributed by atoms with Crippen molar-refractivity contribution in [1.82, 2.24) is 0 Å². The van der Waals surface area contributed by atoms with Crippen LogP contribution in [0, 0.1) is 0 Å². The van der Waals surface area contributed by atoms with Crippen LogP contribution in [-0.2, 0) is 4.79 Å². The van der Waals surface area contributed by atoms with E-state index >= 15 is 0 Å². The van der Waals surface area contributed by atoms with E-state index in [0.717, 1.165) is 0 Å². The van der Waals surface area contributed by atoms with Crippen molar-refractivity contribution >= 4 is 5.97 Å². The summed E-state index contributed by atoms with van der Waals surface area (Å²) >= 11 is 0. The molecule has 0 aliphatic rings. The third-order valence-electron chi connectivity index (χ3n) is 1.34. The Hall–Kier alpha value is -0.870. The molecule has 0 amide bonds. The zero-order chi connectivity index (χ0) is 9.56. The third-order valence-corrected chi connectivity index (χ3v) is 1.34. The number of carboxylic acid groups (broad SMARTS) is 1. The summed E-state index contributed by atoms with van der Waals surface area (Å²) in [7, 11) is 0. The highest BCUT2D eigenvalue weighted by Crippen LogP contribution is 2.03. The fourth-order valence-corrected chi connectivity index (χ4v) is 0.864. The number of carboxylic acids is 1. The summed E-state index contributed by atoms with van der Waals surface area (Å²) in [5, 5.41) is 26.4. The summed E-state index contributed by atoms with van der Waals surface area (Å²) in [6, 6.07) is 0. The Balaban J connectivity index is 3.67. The van der Waals surface area contributed by atoms with Crippen LogP contribution in [-0.4, -0.2) is 33.5 Å². The monoisotopic (exact) mass is 174 g/mol. The molecule has 0 bridgehead atoms. The fourth-order valence-electron chi connectivity index (χ4n) is 0.864. The maximum absolute atomic E-state index is 10.1. The summed E-state index contributed by atoms with van der Waals surface area (Å²) in [5.41, 5.74) is 0. The van der Waals surface area contributed by atoms with Crippen molar-refractivity contribution in [3.63, 3.8) is 0 Å². The highest BCUT2D eigenvalue weighted by atomic mass is 16.4. The van der Waals surface area contributed by atoms with Gasteiger partial charge in [0.2, 0.25) is 0 Å². The topological polar surface area (TPSA) is 77.8 Å². The Morgan fingerprint density at radius 1 is 1.50 bits per heavy atom. The molecule has 0 saturated carbocycles. The minimum Gasteiger partial charge on any atom is -0.481 e. The molecule has 0 aromatic heterocycles. The van der Waals surface area contributed by atoms with E-state index in [9.17, 15) is 4.79 Å². The first-order valence-electron chi connectivity index (χ1n) is 3.77. The number of aliphatic hydroxyl groups is 2.